The Hall–Kier alpha value is -4.16. The van der Waals surface area contributed by atoms with Gasteiger partial charge >= 0.3 is 12.1 Å². The lowest BCUT2D eigenvalue weighted by molar-refractivity contribution is -0.138. The average molecular weight is 469 g/mol. The molecule has 0 aliphatic carbocycles. The van der Waals surface area contributed by atoms with Crippen LogP contribution in [-0.4, -0.2) is 22.3 Å². The van der Waals surface area contributed by atoms with E-state index in [4.69, 9.17) is 34.8 Å². The van der Waals surface area contributed by atoms with E-state index in [0.29, 0.717) is 5.39 Å². The van der Waals surface area contributed by atoms with Gasteiger partial charge in [-0.1, -0.05) is 47.1 Å². The molecular formula is C23H17ClN2O7. The number of amides is 1. The first-order chi connectivity index (χ1) is 15.8. The summed E-state index contributed by atoms with van der Waals surface area (Å²) in [6.45, 7) is 3.24. The van der Waals surface area contributed by atoms with Crippen LogP contribution >= 0.6 is 11.6 Å². The van der Waals surface area contributed by atoms with Gasteiger partial charge in [-0.05, 0) is 37.3 Å². The van der Waals surface area contributed by atoms with Crippen LogP contribution < -0.4 is 5.32 Å². The number of fused-ring (bicyclic) bond motifs is 1. The Bertz CT molecular complexity index is 1340. The molecule has 0 saturated heterocycles. The third-order valence-corrected chi connectivity index (χ3v) is 5.02. The van der Waals surface area contributed by atoms with Gasteiger partial charge in [0.2, 0.25) is 5.76 Å². The van der Waals surface area contributed by atoms with Gasteiger partial charge in [-0.25, -0.2) is 4.79 Å². The van der Waals surface area contributed by atoms with Crippen molar-refractivity contribution in [2.24, 2.45) is 0 Å². The number of carboxylic acids is 1. The molecular weight excluding hydrogens is 452 g/mol. The number of rotatable bonds is 5. The number of aliphatic carboxylic acids is 1. The zero-order valence-corrected chi connectivity index (χ0v) is 18.2. The van der Waals surface area contributed by atoms with E-state index in [9.17, 15) is 9.59 Å². The zero-order valence-electron chi connectivity index (χ0n) is 17.4. The van der Waals surface area contributed by atoms with Gasteiger partial charge < -0.3 is 23.2 Å². The summed E-state index contributed by atoms with van der Waals surface area (Å²) < 4.78 is 21.4. The summed E-state index contributed by atoms with van der Waals surface area (Å²) in [4.78, 5) is 23.4. The lowest BCUT2D eigenvalue weighted by Gasteiger charge is -2.13. The van der Waals surface area contributed by atoms with Gasteiger partial charge in [-0.15, -0.1) is 0 Å². The van der Waals surface area contributed by atoms with Gasteiger partial charge in [0.1, 0.15) is 23.5 Å². The molecule has 0 aliphatic rings. The minimum absolute atomic E-state index is 0.00229. The molecule has 0 spiro atoms. The van der Waals surface area contributed by atoms with Crippen LogP contribution in [0.15, 0.2) is 55.8 Å². The fraction of sp³-hybridized carbons (Fsp3) is 0.174. The molecule has 33 heavy (non-hydrogen) atoms. The molecule has 2 N–H and O–H groups in total. The number of nitrogens with one attached hydrogen (secondary N) is 1. The van der Waals surface area contributed by atoms with Crippen LogP contribution in [-0.2, 0) is 9.53 Å². The number of ether oxygens (including phenoxy) is 1. The molecule has 1 amide bonds. The van der Waals surface area contributed by atoms with E-state index >= 15 is 0 Å². The molecule has 3 aromatic heterocycles. The standard InChI is InChI=1S/C23H17ClN2O7/c1-12(21(27)28)18-11-15-10-16(31-22(15)32-18)8-9-17-19(20(24)26-33-17)25-23(29)30-13(2)14-6-4-3-5-7-14/h3-7,10-13H,1-2H3,(H,25,29)(H,27,28). The van der Waals surface area contributed by atoms with Crippen molar-refractivity contribution >= 4 is 40.5 Å². The monoisotopic (exact) mass is 468 g/mol. The van der Waals surface area contributed by atoms with Gasteiger partial charge in [-0.3, -0.25) is 10.1 Å². The summed E-state index contributed by atoms with van der Waals surface area (Å²) in [7, 11) is 0. The SMILES string of the molecule is CC(OC(=O)Nc1c(Cl)noc1C#Cc1cc2cc(C(C)C(=O)O)oc2o1)c1ccccc1. The van der Waals surface area contributed by atoms with Crippen molar-refractivity contribution in [3.63, 3.8) is 0 Å². The minimum Gasteiger partial charge on any atom is -0.481 e. The summed E-state index contributed by atoms with van der Waals surface area (Å²) in [6.07, 6.45) is -1.25. The highest BCUT2D eigenvalue weighted by Crippen LogP contribution is 2.29. The molecule has 2 unspecified atom stereocenters. The molecule has 4 rings (SSSR count). The maximum absolute atomic E-state index is 12.3. The summed E-state index contributed by atoms with van der Waals surface area (Å²) in [5, 5.41) is 15.7. The van der Waals surface area contributed by atoms with E-state index in [1.165, 1.54) is 6.92 Å². The first-order valence-electron chi connectivity index (χ1n) is 9.77. The number of hydrogen-bond donors (Lipinski definition) is 2. The molecule has 0 aliphatic heterocycles. The number of carbonyl (C=O) groups excluding carboxylic acids is 1. The van der Waals surface area contributed by atoms with Crippen LogP contribution in [0.3, 0.4) is 0 Å². The van der Waals surface area contributed by atoms with Crippen molar-refractivity contribution < 1.29 is 32.8 Å². The first-order valence-corrected chi connectivity index (χ1v) is 10.2. The van der Waals surface area contributed by atoms with E-state index < -0.39 is 24.1 Å². The summed E-state index contributed by atoms with van der Waals surface area (Å²) in [5.74, 6) is 4.24. The lowest BCUT2D eigenvalue weighted by atomic mass is 10.1. The Morgan fingerprint density at radius 2 is 1.91 bits per heavy atom. The van der Waals surface area contributed by atoms with E-state index in [-0.39, 0.29) is 33.9 Å². The van der Waals surface area contributed by atoms with Crippen molar-refractivity contribution in [2.75, 3.05) is 5.32 Å². The maximum Gasteiger partial charge on any atom is 0.412 e. The number of aromatic nitrogens is 1. The van der Waals surface area contributed by atoms with E-state index in [1.807, 2.05) is 30.3 Å². The van der Waals surface area contributed by atoms with Crippen LogP contribution in [0.2, 0.25) is 5.15 Å². The van der Waals surface area contributed by atoms with E-state index in [1.54, 1.807) is 19.1 Å². The molecule has 10 heteroatoms. The molecule has 2 atom stereocenters. The second kappa shape index (κ2) is 9.14. The third-order valence-electron chi connectivity index (χ3n) is 4.76. The highest BCUT2D eigenvalue weighted by Gasteiger charge is 2.21. The molecule has 0 saturated carbocycles. The van der Waals surface area contributed by atoms with Crippen molar-refractivity contribution in [1.82, 2.24) is 5.16 Å². The largest absolute Gasteiger partial charge is 0.481 e. The molecule has 0 fully saturated rings. The second-order valence-corrected chi connectivity index (χ2v) is 7.43. The maximum atomic E-state index is 12.3. The Morgan fingerprint density at radius 1 is 1.15 bits per heavy atom. The predicted octanol–water partition coefficient (Wildman–Crippen LogP) is 5.56. The summed E-state index contributed by atoms with van der Waals surface area (Å²) in [5.41, 5.74) is 0.884. The van der Waals surface area contributed by atoms with Crippen molar-refractivity contribution in [3.8, 4) is 11.8 Å². The van der Waals surface area contributed by atoms with Crippen LogP contribution in [0.1, 0.15) is 48.7 Å². The van der Waals surface area contributed by atoms with Crippen LogP contribution in [0.5, 0.6) is 0 Å². The third kappa shape index (κ3) is 4.86. The zero-order chi connectivity index (χ0) is 23.5. The number of anilines is 1. The van der Waals surface area contributed by atoms with Crippen LogP contribution in [0, 0.1) is 11.8 Å². The minimum atomic E-state index is -1.01. The van der Waals surface area contributed by atoms with E-state index in [2.05, 4.69) is 22.3 Å². The Kier molecular flexibility index (Phi) is 6.11. The number of carbonyl (C=O) groups is 2. The smallest absolute Gasteiger partial charge is 0.412 e. The summed E-state index contributed by atoms with van der Waals surface area (Å²) in [6, 6.07) is 12.4. The number of carboxylic acid groups (broad SMARTS) is 1. The highest BCUT2D eigenvalue weighted by molar-refractivity contribution is 6.32. The van der Waals surface area contributed by atoms with Crippen molar-refractivity contribution in [3.05, 3.63) is 70.5 Å². The fourth-order valence-corrected chi connectivity index (χ4v) is 3.09. The second-order valence-electron chi connectivity index (χ2n) is 7.07. The molecule has 3 heterocycles. The van der Waals surface area contributed by atoms with Gasteiger partial charge in [0.05, 0.1) is 5.39 Å². The average Bonchev–Trinajstić information content (AvgIpc) is 3.46. The molecule has 9 nitrogen and oxygen atoms in total. The number of benzene rings is 1. The molecule has 168 valence electrons. The van der Waals surface area contributed by atoms with Gasteiger partial charge in [0, 0.05) is 6.07 Å². The number of furan rings is 2. The normalized spacial score (nSPS) is 12.6. The highest BCUT2D eigenvalue weighted by atomic mass is 35.5. The Balaban J connectivity index is 1.48. The Labute approximate surface area is 192 Å². The lowest BCUT2D eigenvalue weighted by Crippen LogP contribution is -2.16. The molecule has 1 aromatic carbocycles. The number of nitrogens with zero attached hydrogens (tertiary/aromatic N) is 1. The van der Waals surface area contributed by atoms with Crippen molar-refractivity contribution in [2.45, 2.75) is 25.9 Å². The van der Waals surface area contributed by atoms with Crippen molar-refractivity contribution in [1.29, 1.82) is 0 Å². The summed E-state index contributed by atoms with van der Waals surface area (Å²) >= 11 is 6.01. The topological polar surface area (TPSA) is 128 Å². The number of halogens is 1. The number of hydrogen-bond acceptors (Lipinski definition) is 7. The molecule has 4 aromatic rings. The van der Waals surface area contributed by atoms with E-state index in [0.717, 1.165) is 5.56 Å². The van der Waals surface area contributed by atoms with Crippen LogP contribution in [0.4, 0.5) is 10.5 Å². The predicted molar refractivity (Wildman–Crippen MR) is 117 cm³/mol. The fourth-order valence-electron chi connectivity index (χ4n) is 2.92. The molecule has 0 bridgehead atoms. The first kappa shape index (κ1) is 22.0. The Morgan fingerprint density at radius 3 is 2.61 bits per heavy atom. The van der Waals surface area contributed by atoms with Gasteiger partial charge in [-0.2, -0.15) is 0 Å². The molecule has 0 radical (unpaired) electrons. The van der Waals surface area contributed by atoms with Gasteiger partial charge in [0.25, 0.3) is 5.78 Å². The quantitative estimate of drug-likeness (QED) is 0.364. The van der Waals surface area contributed by atoms with Crippen LogP contribution in [0.25, 0.3) is 11.2 Å². The van der Waals surface area contributed by atoms with Gasteiger partial charge in [0.15, 0.2) is 10.9 Å².